The van der Waals surface area contributed by atoms with Crippen molar-refractivity contribution in [1.82, 2.24) is 0 Å². The summed E-state index contributed by atoms with van der Waals surface area (Å²) in [6.45, 7) is 1.99. The van der Waals surface area contributed by atoms with Gasteiger partial charge in [-0.3, -0.25) is 0 Å². The Morgan fingerprint density at radius 3 is 2.65 bits per heavy atom. The van der Waals surface area contributed by atoms with E-state index in [4.69, 9.17) is 5.14 Å². The molecule has 0 bridgehead atoms. The fourth-order valence-corrected chi connectivity index (χ4v) is 1.71. The smallest absolute Gasteiger partial charge is 0.238 e. The zero-order chi connectivity index (χ0) is 13.1. The number of hydrogen-bond acceptors (Lipinski definition) is 4. The minimum atomic E-state index is -3.90. The second-order valence-electron chi connectivity index (χ2n) is 3.63. The summed E-state index contributed by atoms with van der Waals surface area (Å²) >= 11 is 0. The van der Waals surface area contributed by atoms with E-state index < -0.39 is 21.9 Å². The highest BCUT2D eigenvalue weighted by atomic mass is 32.2. The van der Waals surface area contributed by atoms with Gasteiger partial charge >= 0.3 is 0 Å². The summed E-state index contributed by atoms with van der Waals surface area (Å²) in [5.74, 6) is -0.722. The second kappa shape index (κ2) is 5.44. The number of aliphatic hydroxyl groups is 1. The Bertz CT molecular complexity index is 490. The molecular weight excluding hydrogens is 247 g/mol. The van der Waals surface area contributed by atoms with Gasteiger partial charge in [0.25, 0.3) is 0 Å². The van der Waals surface area contributed by atoms with Gasteiger partial charge in [-0.05, 0) is 24.6 Å². The van der Waals surface area contributed by atoms with Crippen LogP contribution < -0.4 is 10.5 Å². The predicted octanol–water partition coefficient (Wildman–Crippen LogP) is 0.656. The molecule has 0 saturated carbocycles. The van der Waals surface area contributed by atoms with Crippen LogP contribution in [0.3, 0.4) is 0 Å². The average molecular weight is 262 g/mol. The van der Waals surface area contributed by atoms with E-state index in [2.05, 4.69) is 5.32 Å². The van der Waals surface area contributed by atoms with Crippen LogP contribution in [0.4, 0.5) is 10.1 Å². The van der Waals surface area contributed by atoms with Crippen molar-refractivity contribution in [2.75, 3.05) is 11.9 Å². The number of halogens is 1. The van der Waals surface area contributed by atoms with Gasteiger partial charge in [0, 0.05) is 6.54 Å². The lowest BCUT2D eigenvalue weighted by molar-refractivity contribution is 0.183. The van der Waals surface area contributed by atoms with Gasteiger partial charge in [0.15, 0.2) is 0 Å². The van der Waals surface area contributed by atoms with Crippen molar-refractivity contribution < 1.29 is 17.9 Å². The minimum Gasteiger partial charge on any atom is -0.391 e. The highest BCUT2D eigenvalue weighted by molar-refractivity contribution is 7.89. The molecule has 5 nitrogen and oxygen atoms in total. The first kappa shape index (κ1) is 13.9. The molecule has 0 saturated heterocycles. The topological polar surface area (TPSA) is 92.4 Å². The Balaban J connectivity index is 2.84. The normalized spacial score (nSPS) is 13.4. The van der Waals surface area contributed by atoms with Crippen LogP contribution in [0.15, 0.2) is 23.1 Å². The first-order valence-corrected chi connectivity index (χ1v) is 6.63. The summed E-state index contributed by atoms with van der Waals surface area (Å²) < 4.78 is 35.4. The summed E-state index contributed by atoms with van der Waals surface area (Å²) in [5.41, 5.74) is 0.130. The van der Waals surface area contributed by atoms with Gasteiger partial charge in [0.1, 0.15) is 5.82 Å². The van der Waals surface area contributed by atoms with Crippen LogP contribution in [0.5, 0.6) is 0 Å². The summed E-state index contributed by atoms with van der Waals surface area (Å²) in [6.07, 6.45) is -0.0310. The van der Waals surface area contributed by atoms with Crippen molar-refractivity contribution in [3.63, 3.8) is 0 Å². The number of primary sulfonamides is 1. The lowest BCUT2D eigenvalue weighted by atomic mass is 10.2. The zero-order valence-corrected chi connectivity index (χ0v) is 10.2. The first-order valence-electron chi connectivity index (χ1n) is 5.09. The van der Waals surface area contributed by atoms with Crippen LogP contribution >= 0.6 is 0 Å². The Morgan fingerprint density at radius 2 is 2.18 bits per heavy atom. The Morgan fingerprint density at radius 1 is 1.53 bits per heavy atom. The van der Waals surface area contributed by atoms with Gasteiger partial charge in [0.05, 0.1) is 16.7 Å². The van der Waals surface area contributed by atoms with E-state index in [-0.39, 0.29) is 17.1 Å². The molecule has 1 aromatic rings. The number of aliphatic hydroxyl groups excluding tert-OH is 1. The highest BCUT2D eigenvalue weighted by Gasteiger charge is 2.11. The van der Waals surface area contributed by atoms with E-state index in [1.165, 1.54) is 12.1 Å². The molecule has 0 fully saturated rings. The fourth-order valence-electron chi connectivity index (χ4n) is 1.19. The van der Waals surface area contributed by atoms with E-state index in [1.807, 2.05) is 0 Å². The third-order valence-electron chi connectivity index (χ3n) is 2.27. The molecular formula is C10H15FN2O3S. The predicted molar refractivity (Wildman–Crippen MR) is 62.6 cm³/mol. The molecule has 0 amide bonds. The lowest BCUT2D eigenvalue weighted by Gasteiger charge is -2.11. The highest BCUT2D eigenvalue weighted by Crippen LogP contribution is 2.18. The number of hydrogen-bond donors (Lipinski definition) is 3. The molecule has 0 aliphatic carbocycles. The molecule has 0 spiro atoms. The van der Waals surface area contributed by atoms with Crippen LogP contribution in [0.2, 0.25) is 0 Å². The molecule has 0 aliphatic rings. The second-order valence-corrected chi connectivity index (χ2v) is 5.19. The molecule has 1 atom stereocenters. The minimum absolute atomic E-state index is 0.130. The summed E-state index contributed by atoms with van der Waals surface area (Å²) in [5, 5.41) is 16.8. The van der Waals surface area contributed by atoms with Crippen molar-refractivity contribution in [2.24, 2.45) is 5.14 Å². The number of nitrogens with one attached hydrogen (secondary N) is 1. The van der Waals surface area contributed by atoms with E-state index >= 15 is 0 Å². The van der Waals surface area contributed by atoms with E-state index in [0.717, 1.165) is 6.07 Å². The molecule has 0 heterocycles. The lowest BCUT2D eigenvalue weighted by Crippen LogP contribution is -2.19. The number of anilines is 1. The maximum atomic E-state index is 13.5. The van der Waals surface area contributed by atoms with Crippen molar-refractivity contribution in [1.29, 1.82) is 0 Å². The van der Waals surface area contributed by atoms with Gasteiger partial charge in [-0.1, -0.05) is 6.92 Å². The molecule has 96 valence electrons. The van der Waals surface area contributed by atoms with E-state index in [0.29, 0.717) is 6.42 Å². The number of nitrogens with two attached hydrogens (primary N) is 1. The summed E-state index contributed by atoms with van der Waals surface area (Å²) in [4.78, 5) is -0.281. The molecule has 4 N–H and O–H groups in total. The van der Waals surface area contributed by atoms with Crippen molar-refractivity contribution in [3.8, 4) is 0 Å². The van der Waals surface area contributed by atoms with Gasteiger partial charge in [-0.2, -0.15) is 0 Å². The third-order valence-corrected chi connectivity index (χ3v) is 3.18. The van der Waals surface area contributed by atoms with Crippen LogP contribution in [0.1, 0.15) is 13.3 Å². The first-order chi connectivity index (χ1) is 7.84. The SMILES string of the molecule is CCC(O)CNc1ccc(S(N)(=O)=O)cc1F. The van der Waals surface area contributed by atoms with Crippen LogP contribution in [0, 0.1) is 5.82 Å². The van der Waals surface area contributed by atoms with Gasteiger partial charge in [-0.25, -0.2) is 17.9 Å². The molecule has 0 radical (unpaired) electrons. The molecule has 7 heteroatoms. The molecule has 0 aliphatic heterocycles. The van der Waals surface area contributed by atoms with Crippen LogP contribution in [-0.4, -0.2) is 26.2 Å². The quantitative estimate of drug-likeness (QED) is 0.726. The third kappa shape index (κ3) is 3.95. The molecule has 1 rings (SSSR count). The Kier molecular flexibility index (Phi) is 4.44. The maximum absolute atomic E-state index is 13.5. The number of benzene rings is 1. The van der Waals surface area contributed by atoms with Crippen LogP contribution in [0.25, 0.3) is 0 Å². The fraction of sp³-hybridized carbons (Fsp3) is 0.400. The summed E-state index contributed by atoms with van der Waals surface area (Å²) in [7, 11) is -3.90. The van der Waals surface area contributed by atoms with Gasteiger partial charge in [0.2, 0.25) is 10.0 Å². The number of sulfonamides is 1. The van der Waals surface area contributed by atoms with E-state index in [9.17, 15) is 17.9 Å². The standard InChI is InChI=1S/C10H15FN2O3S/c1-2-7(14)6-13-10-4-3-8(5-9(10)11)17(12,15)16/h3-5,7,13-14H,2,6H2,1H3,(H2,12,15,16). The Hall–Kier alpha value is -1.18. The monoisotopic (exact) mass is 262 g/mol. The molecule has 17 heavy (non-hydrogen) atoms. The van der Waals surface area contributed by atoms with Gasteiger partial charge < -0.3 is 10.4 Å². The van der Waals surface area contributed by atoms with Crippen molar-refractivity contribution in [2.45, 2.75) is 24.3 Å². The van der Waals surface area contributed by atoms with Gasteiger partial charge in [-0.15, -0.1) is 0 Å². The average Bonchev–Trinajstić information content (AvgIpc) is 2.25. The van der Waals surface area contributed by atoms with Crippen molar-refractivity contribution in [3.05, 3.63) is 24.0 Å². The zero-order valence-electron chi connectivity index (χ0n) is 9.35. The van der Waals surface area contributed by atoms with Crippen LogP contribution in [-0.2, 0) is 10.0 Å². The number of rotatable bonds is 5. The molecule has 1 aromatic carbocycles. The van der Waals surface area contributed by atoms with E-state index in [1.54, 1.807) is 6.92 Å². The molecule has 1 unspecified atom stereocenters. The maximum Gasteiger partial charge on any atom is 0.238 e. The summed E-state index contributed by atoms with van der Waals surface area (Å²) in [6, 6.07) is 3.33. The molecule has 0 aromatic heterocycles. The van der Waals surface area contributed by atoms with Crippen molar-refractivity contribution >= 4 is 15.7 Å². The Labute approximate surface area is 99.5 Å². The largest absolute Gasteiger partial charge is 0.391 e.